The number of nitrogens with zero attached hydrogens (tertiary/aromatic N) is 2. The van der Waals surface area contributed by atoms with Crippen LogP contribution in [0.5, 0.6) is 11.5 Å². The van der Waals surface area contributed by atoms with Crippen molar-refractivity contribution in [3.05, 3.63) is 53.6 Å². The highest BCUT2D eigenvalue weighted by molar-refractivity contribution is 6.10. The van der Waals surface area contributed by atoms with Crippen molar-refractivity contribution >= 4 is 23.4 Å². The van der Waals surface area contributed by atoms with Gasteiger partial charge in [0, 0.05) is 25.2 Å². The summed E-state index contributed by atoms with van der Waals surface area (Å²) >= 11 is 0. The predicted octanol–water partition coefficient (Wildman–Crippen LogP) is 3.87. The van der Waals surface area contributed by atoms with Crippen LogP contribution in [-0.4, -0.2) is 45.4 Å². The summed E-state index contributed by atoms with van der Waals surface area (Å²) in [7, 11) is 0. The second-order valence-corrected chi connectivity index (χ2v) is 6.82. The molecule has 2 aromatic carbocycles. The summed E-state index contributed by atoms with van der Waals surface area (Å²) in [4.78, 5) is 15.0. The largest absolute Gasteiger partial charge is 0.492 e. The highest BCUT2D eigenvalue weighted by Crippen LogP contribution is 2.39. The minimum Gasteiger partial charge on any atom is -0.492 e. The fraction of sp³-hybridized carbons (Fsp3) is 0.333. The van der Waals surface area contributed by atoms with E-state index in [4.69, 9.17) is 14.2 Å². The van der Waals surface area contributed by atoms with E-state index in [1.165, 1.54) is 0 Å². The number of amides is 1. The molecular weight excluding hydrogens is 394 g/mol. The van der Waals surface area contributed by atoms with Crippen LogP contribution in [0, 0.1) is 11.3 Å². The molecular formula is C24H27N3O4. The molecule has 1 aliphatic rings. The molecule has 1 amide bonds. The maximum atomic E-state index is 12.8. The van der Waals surface area contributed by atoms with E-state index in [-0.39, 0.29) is 5.57 Å². The number of carbonyl (C=O) groups is 1. The summed E-state index contributed by atoms with van der Waals surface area (Å²) < 4.78 is 17.1. The predicted molar refractivity (Wildman–Crippen MR) is 120 cm³/mol. The molecule has 0 spiro atoms. The number of benzene rings is 2. The van der Waals surface area contributed by atoms with E-state index in [1.807, 2.05) is 56.3 Å². The van der Waals surface area contributed by atoms with Gasteiger partial charge in [0.15, 0.2) is 0 Å². The highest BCUT2D eigenvalue weighted by Gasteiger charge is 2.21. The number of hydrogen-bond acceptors (Lipinski definition) is 6. The standard InChI is InChI=1S/C24H27N3O4/c1-3-30-22-16-21(27-10-12-29-13-11-27)23(31-4-2)15-20(22)26-24(28)19(17-25)14-18-8-6-5-7-9-18/h5-9,14-16H,3-4,10-13H2,1-2H3,(H,26,28). The Labute approximate surface area is 182 Å². The number of morpholine rings is 1. The van der Waals surface area contributed by atoms with E-state index in [1.54, 1.807) is 12.1 Å². The van der Waals surface area contributed by atoms with Crippen molar-refractivity contribution in [2.45, 2.75) is 13.8 Å². The van der Waals surface area contributed by atoms with Gasteiger partial charge in [-0.05, 0) is 25.5 Å². The Balaban J connectivity index is 1.93. The van der Waals surface area contributed by atoms with Crippen LogP contribution in [-0.2, 0) is 9.53 Å². The van der Waals surface area contributed by atoms with E-state index < -0.39 is 5.91 Å². The maximum Gasteiger partial charge on any atom is 0.266 e. The van der Waals surface area contributed by atoms with E-state index in [0.717, 1.165) is 24.3 Å². The molecule has 0 bridgehead atoms. The Hall–Kier alpha value is -3.50. The van der Waals surface area contributed by atoms with Gasteiger partial charge in [-0.3, -0.25) is 4.79 Å². The SMILES string of the molecule is CCOc1cc(N2CCOCC2)c(OCC)cc1NC(=O)C(C#N)=Cc1ccccc1. The fourth-order valence-corrected chi connectivity index (χ4v) is 3.30. The molecule has 0 atom stereocenters. The van der Waals surface area contributed by atoms with Gasteiger partial charge in [-0.15, -0.1) is 0 Å². The van der Waals surface area contributed by atoms with Crippen molar-refractivity contribution in [3.8, 4) is 17.6 Å². The monoisotopic (exact) mass is 421 g/mol. The Bertz CT molecular complexity index is 961. The van der Waals surface area contributed by atoms with Crippen LogP contribution >= 0.6 is 0 Å². The van der Waals surface area contributed by atoms with E-state index in [0.29, 0.717) is 43.6 Å². The molecule has 2 aromatic rings. The second kappa shape index (κ2) is 11.0. The van der Waals surface area contributed by atoms with Crippen molar-refractivity contribution in [2.75, 3.05) is 49.7 Å². The number of hydrogen-bond donors (Lipinski definition) is 1. The van der Waals surface area contributed by atoms with Crippen molar-refractivity contribution in [3.63, 3.8) is 0 Å². The average molecular weight is 421 g/mol. The molecule has 0 aliphatic carbocycles. The average Bonchev–Trinajstić information content (AvgIpc) is 2.80. The van der Waals surface area contributed by atoms with Gasteiger partial charge in [-0.25, -0.2) is 0 Å². The molecule has 7 nitrogen and oxygen atoms in total. The van der Waals surface area contributed by atoms with Gasteiger partial charge < -0.3 is 24.4 Å². The summed E-state index contributed by atoms with van der Waals surface area (Å²) in [6.07, 6.45) is 1.56. The molecule has 0 aromatic heterocycles. The third kappa shape index (κ3) is 5.77. The van der Waals surface area contributed by atoms with Gasteiger partial charge >= 0.3 is 0 Å². The maximum absolute atomic E-state index is 12.8. The lowest BCUT2D eigenvalue weighted by atomic mass is 10.1. The second-order valence-electron chi connectivity index (χ2n) is 6.82. The lowest BCUT2D eigenvalue weighted by Crippen LogP contribution is -2.36. The molecule has 0 radical (unpaired) electrons. The van der Waals surface area contributed by atoms with Crippen LogP contribution in [0.15, 0.2) is 48.0 Å². The smallest absolute Gasteiger partial charge is 0.266 e. The summed E-state index contributed by atoms with van der Waals surface area (Å²) in [5.74, 6) is 0.667. The van der Waals surface area contributed by atoms with Crippen molar-refractivity contribution in [2.24, 2.45) is 0 Å². The van der Waals surface area contributed by atoms with E-state index in [2.05, 4.69) is 10.2 Å². The molecule has 1 fully saturated rings. The zero-order valence-electron chi connectivity index (χ0n) is 17.9. The van der Waals surface area contributed by atoms with Crippen LogP contribution < -0.4 is 19.7 Å². The minimum atomic E-state index is -0.506. The van der Waals surface area contributed by atoms with Gasteiger partial charge in [0.1, 0.15) is 23.1 Å². The Morgan fingerprint density at radius 2 is 1.81 bits per heavy atom. The Kier molecular flexibility index (Phi) is 7.91. The van der Waals surface area contributed by atoms with Crippen LogP contribution in [0.25, 0.3) is 6.08 Å². The first-order valence-electron chi connectivity index (χ1n) is 10.4. The quantitative estimate of drug-likeness (QED) is 0.515. The number of nitrogens with one attached hydrogen (secondary N) is 1. The van der Waals surface area contributed by atoms with Crippen LogP contribution in [0.3, 0.4) is 0 Å². The minimum absolute atomic E-state index is 0.00358. The molecule has 1 heterocycles. The molecule has 1 saturated heterocycles. The highest BCUT2D eigenvalue weighted by atomic mass is 16.5. The molecule has 0 unspecified atom stereocenters. The number of rotatable bonds is 8. The lowest BCUT2D eigenvalue weighted by molar-refractivity contribution is -0.112. The summed E-state index contributed by atoms with van der Waals surface area (Å²) in [6, 6.07) is 14.9. The van der Waals surface area contributed by atoms with Crippen LogP contribution in [0.4, 0.5) is 11.4 Å². The molecule has 1 aliphatic heterocycles. The zero-order chi connectivity index (χ0) is 22.1. The summed E-state index contributed by atoms with van der Waals surface area (Å²) in [5, 5.41) is 12.3. The molecule has 7 heteroatoms. The third-order valence-corrected chi connectivity index (χ3v) is 4.74. The van der Waals surface area contributed by atoms with Crippen molar-refractivity contribution in [1.82, 2.24) is 0 Å². The zero-order valence-corrected chi connectivity index (χ0v) is 17.9. The van der Waals surface area contributed by atoms with E-state index >= 15 is 0 Å². The fourth-order valence-electron chi connectivity index (χ4n) is 3.30. The first kappa shape index (κ1) is 22.2. The summed E-state index contributed by atoms with van der Waals surface area (Å²) in [5.41, 5.74) is 2.13. The van der Waals surface area contributed by atoms with Crippen molar-refractivity contribution in [1.29, 1.82) is 5.26 Å². The molecule has 162 valence electrons. The van der Waals surface area contributed by atoms with E-state index in [9.17, 15) is 10.1 Å². The molecule has 3 rings (SSSR count). The first-order chi connectivity index (χ1) is 15.2. The Morgan fingerprint density at radius 1 is 1.13 bits per heavy atom. The first-order valence-corrected chi connectivity index (χ1v) is 10.4. The topological polar surface area (TPSA) is 83.8 Å². The third-order valence-electron chi connectivity index (χ3n) is 4.74. The number of nitriles is 1. The normalized spacial score (nSPS) is 14.0. The number of anilines is 2. The van der Waals surface area contributed by atoms with Gasteiger partial charge in [-0.2, -0.15) is 5.26 Å². The number of carbonyl (C=O) groups excluding carboxylic acids is 1. The van der Waals surface area contributed by atoms with Gasteiger partial charge in [0.25, 0.3) is 5.91 Å². The van der Waals surface area contributed by atoms with Gasteiger partial charge in [-0.1, -0.05) is 30.3 Å². The van der Waals surface area contributed by atoms with Crippen LogP contribution in [0.1, 0.15) is 19.4 Å². The van der Waals surface area contributed by atoms with Crippen LogP contribution in [0.2, 0.25) is 0 Å². The molecule has 0 saturated carbocycles. The van der Waals surface area contributed by atoms with Gasteiger partial charge in [0.05, 0.1) is 37.8 Å². The molecule has 1 N–H and O–H groups in total. The lowest BCUT2D eigenvalue weighted by Gasteiger charge is -2.31. The summed E-state index contributed by atoms with van der Waals surface area (Å²) in [6.45, 7) is 7.49. The Morgan fingerprint density at radius 3 is 2.45 bits per heavy atom. The number of ether oxygens (including phenoxy) is 3. The van der Waals surface area contributed by atoms with Gasteiger partial charge in [0.2, 0.25) is 0 Å². The van der Waals surface area contributed by atoms with Crippen molar-refractivity contribution < 1.29 is 19.0 Å². The molecule has 31 heavy (non-hydrogen) atoms.